The number of para-hydroxylation sites is 1. The first kappa shape index (κ1) is 17.0. The number of amides is 1. The van der Waals surface area contributed by atoms with Crippen molar-refractivity contribution in [3.05, 3.63) is 65.5 Å². The summed E-state index contributed by atoms with van der Waals surface area (Å²) in [7, 11) is 0. The summed E-state index contributed by atoms with van der Waals surface area (Å²) in [5.74, 6) is 0.236. The van der Waals surface area contributed by atoms with Crippen molar-refractivity contribution in [3.63, 3.8) is 0 Å². The molecular formula is C19H22FNO2. The number of nitrogens with one attached hydrogen (secondary N) is 1. The molecule has 122 valence electrons. The van der Waals surface area contributed by atoms with Crippen LogP contribution in [0.4, 0.5) is 4.39 Å². The standard InChI is InChI=1S/C19H22FNO2/c1-4-15-7-5-6-8-18(15)23-14(3)19(22)21-13(2)16-9-11-17(20)12-10-16/h5-14H,4H2,1-3H3,(H,21,22). The molecule has 0 saturated heterocycles. The highest BCUT2D eigenvalue weighted by Crippen LogP contribution is 2.20. The molecule has 1 N–H and O–H groups in total. The summed E-state index contributed by atoms with van der Waals surface area (Å²) in [6.07, 6.45) is 0.238. The van der Waals surface area contributed by atoms with E-state index in [1.165, 1.54) is 12.1 Å². The van der Waals surface area contributed by atoms with Gasteiger partial charge in [-0.05, 0) is 49.6 Å². The molecule has 0 bridgehead atoms. The van der Waals surface area contributed by atoms with Crippen LogP contribution in [-0.4, -0.2) is 12.0 Å². The van der Waals surface area contributed by atoms with E-state index in [2.05, 4.69) is 5.32 Å². The Balaban J connectivity index is 1.98. The molecule has 2 aromatic rings. The van der Waals surface area contributed by atoms with Crippen molar-refractivity contribution in [3.8, 4) is 5.75 Å². The van der Waals surface area contributed by atoms with Gasteiger partial charge in [0.1, 0.15) is 11.6 Å². The van der Waals surface area contributed by atoms with E-state index >= 15 is 0 Å². The predicted octanol–water partition coefficient (Wildman–Crippen LogP) is 4.03. The minimum atomic E-state index is -0.606. The fourth-order valence-electron chi connectivity index (χ4n) is 2.32. The van der Waals surface area contributed by atoms with Gasteiger partial charge in [-0.2, -0.15) is 0 Å². The molecule has 0 aliphatic heterocycles. The van der Waals surface area contributed by atoms with E-state index < -0.39 is 6.10 Å². The second kappa shape index (κ2) is 7.77. The first-order valence-electron chi connectivity index (χ1n) is 7.81. The van der Waals surface area contributed by atoms with Gasteiger partial charge in [0.05, 0.1) is 6.04 Å². The zero-order chi connectivity index (χ0) is 16.8. The average molecular weight is 315 g/mol. The maximum absolute atomic E-state index is 12.9. The number of aryl methyl sites for hydroxylation is 1. The number of carbonyl (C=O) groups excluding carboxylic acids is 1. The fraction of sp³-hybridized carbons (Fsp3) is 0.316. The summed E-state index contributed by atoms with van der Waals surface area (Å²) in [5, 5.41) is 2.89. The Morgan fingerprint density at radius 2 is 1.78 bits per heavy atom. The number of hydrogen-bond donors (Lipinski definition) is 1. The molecule has 23 heavy (non-hydrogen) atoms. The summed E-state index contributed by atoms with van der Waals surface area (Å²) in [4.78, 5) is 12.3. The highest BCUT2D eigenvalue weighted by atomic mass is 19.1. The predicted molar refractivity (Wildman–Crippen MR) is 88.9 cm³/mol. The summed E-state index contributed by atoms with van der Waals surface area (Å²) in [5.41, 5.74) is 1.92. The number of ether oxygens (including phenoxy) is 1. The van der Waals surface area contributed by atoms with Gasteiger partial charge in [0, 0.05) is 0 Å². The van der Waals surface area contributed by atoms with Crippen molar-refractivity contribution in [2.75, 3.05) is 0 Å². The van der Waals surface area contributed by atoms with Crippen LogP contribution in [0.1, 0.15) is 37.9 Å². The fourth-order valence-corrected chi connectivity index (χ4v) is 2.32. The van der Waals surface area contributed by atoms with Crippen LogP contribution in [0, 0.1) is 5.82 Å². The third kappa shape index (κ3) is 4.55. The molecule has 2 atom stereocenters. The Morgan fingerprint density at radius 1 is 1.13 bits per heavy atom. The lowest BCUT2D eigenvalue weighted by Gasteiger charge is -2.20. The Bertz CT molecular complexity index is 655. The van der Waals surface area contributed by atoms with E-state index in [0.717, 1.165) is 23.3 Å². The second-order valence-corrected chi connectivity index (χ2v) is 5.50. The largest absolute Gasteiger partial charge is 0.481 e. The summed E-state index contributed by atoms with van der Waals surface area (Å²) < 4.78 is 18.7. The van der Waals surface area contributed by atoms with E-state index in [4.69, 9.17) is 4.74 Å². The first-order valence-corrected chi connectivity index (χ1v) is 7.81. The van der Waals surface area contributed by atoms with Gasteiger partial charge in [0.25, 0.3) is 5.91 Å². The molecule has 0 spiro atoms. The molecule has 2 aromatic carbocycles. The van der Waals surface area contributed by atoms with Crippen molar-refractivity contribution in [1.29, 1.82) is 0 Å². The quantitative estimate of drug-likeness (QED) is 0.874. The van der Waals surface area contributed by atoms with Crippen LogP contribution in [0.5, 0.6) is 5.75 Å². The lowest BCUT2D eigenvalue weighted by Crippen LogP contribution is -2.37. The Kier molecular flexibility index (Phi) is 5.74. The summed E-state index contributed by atoms with van der Waals surface area (Å²) >= 11 is 0. The van der Waals surface area contributed by atoms with Gasteiger partial charge in [-0.3, -0.25) is 4.79 Å². The van der Waals surface area contributed by atoms with E-state index in [9.17, 15) is 9.18 Å². The molecule has 0 heterocycles. The molecule has 0 saturated carbocycles. The molecule has 0 radical (unpaired) electrons. The maximum Gasteiger partial charge on any atom is 0.261 e. The molecule has 3 nitrogen and oxygen atoms in total. The average Bonchev–Trinajstić information content (AvgIpc) is 2.55. The smallest absolute Gasteiger partial charge is 0.261 e. The number of halogens is 1. The Labute approximate surface area is 136 Å². The number of hydrogen-bond acceptors (Lipinski definition) is 2. The monoisotopic (exact) mass is 315 g/mol. The molecule has 2 rings (SSSR count). The van der Waals surface area contributed by atoms with Gasteiger partial charge in [-0.1, -0.05) is 37.3 Å². The van der Waals surface area contributed by atoms with Crippen LogP contribution in [0.25, 0.3) is 0 Å². The molecule has 4 heteroatoms. The zero-order valence-electron chi connectivity index (χ0n) is 13.7. The van der Waals surface area contributed by atoms with E-state index in [1.54, 1.807) is 19.1 Å². The minimum Gasteiger partial charge on any atom is -0.481 e. The topological polar surface area (TPSA) is 38.3 Å². The van der Waals surface area contributed by atoms with E-state index in [0.29, 0.717) is 0 Å². The number of benzene rings is 2. The van der Waals surface area contributed by atoms with Gasteiger partial charge in [-0.25, -0.2) is 4.39 Å². The summed E-state index contributed by atoms with van der Waals surface area (Å²) in [6, 6.07) is 13.6. The molecule has 2 unspecified atom stereocenters. The van der Waals surface area contributed by atoms with Crippen LogP contribution in [-0.2, 0) is 11.2 Å². The van der Waals surface area contributed by atoms with Crippen molar-refractivity contribution in [2.45, 2.75) is 39.3 Å². The Hall–Kier alpha value is -2.36. The SMILES string of the molecule is CCc1ccccc1OC(C)C(=O)NC(C)c1ccc(F)cc1. The van der Waals surface area contributed by atoms with Crippen LogP contribution in [0.3, 0.4) is 0 Å². The van der Waals surface area contributed by atoms with E-state index in [-0.39, 0.29) is 17.8 Å². The maximum atomic E-state index is 12.9. The lowest BCUT2D eigenvalue weighted by molar-refractivity contribution is -0.127. The zero-order valence-corrected chi connectivity index (χ0v) is 13.7. The third-order valence-electron chi connectivity index (χ3n) is 3.76. The van der Waals surface area contributed by atoms with Crippen LogP contribution >= 0.6 is 0 Å². The van der Waals surface area contributed by atoms with Gasteiger partial charge in [-0.15, -0.1) is 0 Å². The first-order chi connectivity index (χ1) is 11.0. The van der Waals surface area contributed by atoms with Crippen molar-refractivity contribution < 1.29 is 13.9 Å². The molecular weight excluding hydrogens is 293 g/mol. The van der Waals surface area contributed by atoms with Crippen molar-refractivity contribution in [2.24, 2.45) is 0 Å². The minimum absolute atomic E-state index is 0.201. The third-order valence-corrected chi connectivity index (χ3v) is 3.76. The highest BCUT2D eigenvalue weighted by molar-refractivity contribution is 5.81. The summed E-state index contributed by atoms with van der Waals surface area (Å²) in [6.45, 7) is 5.63. The lowest BCUT2D eigenvalue weighted by atomic mass is 10.1. The highest BCUT2D eigenvalue weighted by Gasteiger charge is 2.18. The second-order valence-electron chi connectivity index (χ2n) is 5.50. The van der Waals surface area contributed by atoms with Crippen LogP contribution < -0.4 is 10.1 Å². The van der Waals surface area contributed by atoms with Crippen molar-refractivity contribution in [1.82, 2.24) is 5.32 Å². The van der Waals surface area contributed by atoms with Gasteiger partial charge in [0.2, 0.25) is 0 Å². The Morgan fingerprint density at radius 3 is 2.43 bits per heavy atom. The van der Waals surface area contributed by atoms with E-state index in [1.807, 2.05) is 38.1 Å². The molecule has 0 aliphatic rings. The normalized spacial score (nSPS) is 13.2. The molecule has 1 amide bonds. The van der Waals surface area contributed by atoms with Crippen LogP contribution in [0.2, 0.25) is 0 Å². The molecule has 0 fully saturated rings. The molecule has 0 aromatic heterocycles. The van der Waals surface area contributed by atoms with Gasteiger partial charge < -0.3 is 10.1 Å². The van der Waals surface area contributed by atoms with Crippen LogP contribution in [0.15, 0.2) is 48.5 Å². The van der Waals surface area contributed by atoms with Crippen molar-refractivity contribution >= 4 is 5.91 Å². The molecule has 0 aliphatic carbocycles. The van der Waals surface area contributed by atoms with Gasteiger partial charge >= 0.3 is 0 Å². The number of carbonyl (C=O) groups is 1. The van der Waals surface area contributed by atoms with Gasteiger partial charge in [0.15, 0.2) is 6.10 Å². The number of rotatable bonds is 6.